The van der Waals surface area contributed by atoms with E-state index in [2.05, 4.69) is 4.98 Å². The summed E-state index contributed by atoms with van der Waals surface area (Å²) >= 11 is 7.69. The molecule has 4 nitrogen and oxygen atoms in total. The summed E-state index contributed by atoms with van der Waals surface area (Å²) in [5, 5.41) is 2.43. The number of nitrogens with two attached hydrogens (primary N) is 1. The van der Waals surface area contributed by atoms with Crippen LogP contribution in [0.25, 0.3) is 16.1 Å². The first kappa shape index (κ1) is 14.3. The van der Waals surface area contributed by atoms with Crippen LogP contribution in [0, 0.1) is 6.92 Å². The third-order valence-corrected chi connectivity index (χ3v) is 4.62. The molecule has 0 radical (unpaired) electrons. The second-order valence-corrected chi connectivity index (χ2v) is 6.18. The molecule has 6 heteroatoms. The molecule has 0 aliphatic carbocycles. The second kappa shape index (κ2) is 5.26. The zero-order chi connectivity index (χ0) is 15.1. The molecule has 2 aromatic heterocycles. The molecule has 21 heavy (non-hydrogen) atoms. The Hall–Kier alpha value is -1.69. The Morgan fingerprint density at radius 2 is 2.10 bits per heavy atom. The van der Waals surface area contributed by atoms with Gasteiger partial charge >= 0.3 is 0 Å². The van der Waals surface area contributed by atoms with Crippen molar-refractivity contribution in [2.45, 2.75) is 19.9 Å². The van der Waals surface area contributed by atoms with Crippen LogP contribution < -0.4 is 11.3 Å². The molecule has 0 aliphatic rings. The van der Waals surface area contributed by atoms with Crippen molar-refractivity contribution < 1.29 is 0 Å². The molecular formula is C15H14ClN3OS. The van der Waals surface area contributed by atoms with Gasteiger partial charge < -0.3 is 5.73 Å². The number of benzene rings is 1. The van der Waals surface area contributed by atoms with E-state index in [-0.39, 0.29) is 11.6 Å². The van der Waals surface area contributed by atoms with Crippen LogP contribution >= 0.6 is 22.9 Å². The summed E-state index contributed by atoms with van der Waals surface area (Å²) in [5.41, 5.74) is 8.48. The first-order valence-corrected chi connectivity index (χ1v) is 7.77. The lowest BCUT2D eigenvalue weighted by atomic mass is 10.0. The highest BCUT2D eigenvalue weighted by atomic mass is 35.5. The van der Waals surface area contributed by atoms with E-state index in [0.29, 0.717) is 26.8 Å². The number of halogens is 1. The van der Waals surface area contributed by atoms with Crippen LogP contribution in [0.3, 0.4) is 0 Å². The lowest BCUT2D eigenvalue weighted by Crippen LogP contribution is -2.22. The summed E-state index contributed by atoms with van der Waals surface area (Å²) in [4.78, 5) is 18.1. The van der Waals surface area contributed by atoms with Crippen LogP contribution in [-0.4, -0.2) is 9.38 Å². The molecule has 3 rings (SSSR count). The van der Waals surface area contributed by atoms with E-state index in [4.69, 9.17) is 17.3 Å². The quantitative estimate of drug-likeness (QED) is 0.787. The van der Waals surface area contributed by atoms with Crippen molar-refractivity contribution in [3.8, 4) is 11.1 Å². The van der Waals surface area contributed by atoms with Gasteiger partial charge in [0.1, 0.15) is 0 Å². The molecule has 0 amide bonds. The van der Waals surface area contributed by atoms with E-state index in [1.807, 2.05) is 37.4 Å². The Balaban J connectivity index is 2.48. The Kier molecular flexibility index (Phi) is 3.57. The summed E-state index contributed by atoms with van der Waals surface area (Å²) < 4.78 is 1.61. The molecule has 0 saturated carbocycles. The average Bonchev–Trinajstić information content (AvgIpc) is 2.81. The number of hydrogen-bond acceptors (Lipinski definition) is 4. The van der Waals surface area contributed by atoms with Crippen LogP contribution in [0.2, 0.25) is 5.02 Å². The van der Waals surface area contributed by atoms with Crippen molar-refractivity contribution in [1.29, 1.82) is 0 Å². The molecule has 3 aromatic rings. The zero-order valence-electron chi connectivity index (χ0n) is 11.6. The number of hydrogen-bond donors (Lipinski definition) is 1. The third-order valence-electron chi connectivity index (χ3n) is 3.34. The Morgan fingerprint density at radius 1 is 1.38 bits per heavy atom. The van der Waals surface area contributed by atoms with Gasteiger partial charge in [-0.2, -0.15) is 0 Å². The molecular weight excluding hydrogens is 306 g/mol. The van der Waals surface area contributed by atoms with Gasteiger partial charge in [0.15, 0.2) is 4.96 Å². The smallest absolute Gasteiger partial charge is 0.266 e. The summed E-state index contributed by atoms with van der Waals surface area (Å²) in [6.07, 6.45) is 0. The van der Waals surface area contributed by atoms with Gasteiger partial charge in [0.2, 0.25) is 0 Å². The molecule has 2 heterocycles. The fraction of sp³-hybridized carbons (Fsp3) is 0.200. The maximum absolute atomic E-state index is 12.9. The van der Waals surface area contributed by atoms with Crippen molar-refractivity contribution in [2.24, 2.45) is 5.73 Å². The van der Waals surface area contributed by atoms with Crippen molar-refractivity contribution in [3.63, 3.8) is 0 Å². The lowest BCUT2D eigenvalue weighted by molar-refractivity contribution is 0.778. The standard InChI is InChI=1S/C15H14ClN3OS/c1-8-7-21-15-18-13(9(2)17)12(14(20)19(8)15)10-5-3-4-6-11(10)16/h3-7,9H,17H2,1-2H3. The summed E-state index contributed by atoms with van der Waals surface area (Å²) in [5.74, 6) is 0. The van der Waals surface area contributed by atoms with Crippen molar-refractivity contribution >= 4 is 27.9 Å². The number of aryl methyl sites for hydroxylation is 1. The monoisotopic (exact) mass is 319 g/mol. The number of thiazole rings is 1. The van der Waals surface area contributed by atoms with Crippen LogP contribution in [-0.2, 0) is 0 Å². The fourth-order valence-corrected chi connectivity index (χ4v) is 3.44. The SMILES string of the molecule is Cc1csc2nc(C(C)N)c(-c3ccccc3Cl)c(=O)n12. The second-order valence-electron chi connectivity index (χ2n) is 4.94. The molecule has 108 valence electrons. The minimum absolute atomic E-state index is 0.126. The summed E-state index contributed by atoms with van der Waals surface area (Å²) in [6, 6.07) is 6.91. The van der Waals surface area contributed by atoms with Gasteiger partial charge in [0.05, 0.1) is 11.3 Å². The van der Waals surface area contributed by atoms with Gasteiger partial charge in [-0.1, -0.05) is 29.8 Å². The predicted molar refractivity (Wildman–Crippen MR) is 87.1 cm³/mol. The Morgan fingerprint density at radius 3 is 2.76 bits per heavy atom. The molecule has 0 bridgehead atoms. The molecule has 1 aromatic carbocycles. The average molecular weight is 320 g/mol. The fourth-order valence-electron chi connectivity index (χ4n) is 2.34. The molecule has 0 aliphatic heterocycles. The van der Waals surface area contributed by atoms with Crippen molar-refractivity contribution in [3.05, 3.63) is 56.4 Å². The van der Waals surface area contributed by atoms with Crippen LogP contribution in [0.1, 0.15) is 24.4 Å². The highest BCUT2D eigenvalue weighted by Gasteiger charge is 2.20. The van der Waals surface area contributed by atoms with Crippen LogP contribution in [0.15, 0.2) is 34.4 Å². The van der Waals surface area contributed by atoms with E-state index >= 15 is 0 Å². The molecule has 0 fully saturated rings. The molecule has 0 spiro atoms. The van der Waals surface area contributed by atoms with E-state index in [9.17, 15) is 4.79 Å². The maximum Gasteiger partial charge on any atom is 0.266 e. The van der Waals surface area contributed by atoms with E-state index in [1.165, 1.54) is 11.3 Å². The highest BCUT2D eigenvalue weighted by molar-refractivity contribution is 7.15. The normalized spacial score (nSPS) is 12.8. The summed E-state index contributed by atoms with van der Waals surface area (Å²) in [7, 11) is 0. The molecule has 2 N–H and O–H groups in total. The van der Waals surface area contributed by atoms with Gasteiger partial charge in [0.25, 0.3) is 5.56 Å². The van der Waals surface area contributed by atoms with Crippen LogP contribution in [0.5, 0.6) is 0 Å². The van der Waals surface area contributed by atoms with Gasteiger partial charge in [-0.25, -0.2) is 4.98 Å². The highest BCUT2D eigenvalue weighted by Crippen LogP contribution is 2.30. The van der Waals surface area contributed by atoms with Gasteiger partial charge in [-0.05, 0) is 19.9 Å². The largest absolute Gasteiger partial charge is 0.323 e. The van der Waals surface area contributed by atoms with Gasteiger partial charge in [-0.15, -0.1) is 11.3 Å². The zero-order valence-corrected chi connectivity index (χ0v) is 13.2. The lowest BCUT2D eigenvalue weighted by Gasteiger charge is -2.13. The molecule has 0 saturated heterocycles. The number of fused-ring (bicyclic) bond motifs is 1. The van der Waals surface area contributed by atoms with E-state index in [1.54, 1.807) is 10.5 Å². The molecule has 1 atom stereocenters. The van der Waals surface area contributed by atoms with Crippen molar-refractivity contribution in [2.75, 3.05) is 0 Å². The molecule has 1 unspecified atom stereocenters. The minimum atomic E-state index is -0.351. The minimum Gasteiger partial charge on any atom is -0.323 e. The predicted octanol–water partition coefficient (Wildman–Crippen LogP) is 3.40. The van der Waals surface area contributed by atoms with Gasteiger partial charge in [0, 0.05) is 27.7 Å². The maximum atomic E-state index is 12.9. The first-order valence-electron chi connectivity index (χ1n) is 6.52. The first-order chi connectivity index (χ1) is 10.0. The van der Waals surface area contributed by atoms with E-state index in [0.717, 1.165) is 5.69 Å². The Labute approximate surface area is 130 Å². The van der Waals surface area contributed by atoms with Gasteiger partial charge in [-0.3, -0.25) is 9.20 Å². The third kappa shape index (κ3) is 2.27. The topological polar surface area (TPSA) is 60.4 Å². The van der Waals surface area contributed by atoms with E-state index < -0.39 is 0 Å². The number of nitrogens with zero attached hydrogens (tertiary/aromatic N) is 2. The Bertz CT molecular complexity index is 882. The number of rotatable bonds is 2. The van der Waals surface area contributed by atoms with Crippen LogP contribution in [0.4, 0.5) is 0 Å². The summed E-state index contributed by atoms with van der Waals surface area (Å²) in [6.45, 7) is 3.70. The van der Waals surface area contributed by atoms with Crippen molar-refractivity contribution in [1.82, 2.24) is 9.38 Å². The number of aromatic nitrogens is 2.